The lowest BCUT2D eigenvalue weighted by molar-refractivity contribution is 0.290. The summed E-state index contributed by atoms with van der Waals surface area (Å²) in [6, 6.07) is 11.6. The van der Waals surface area contributed by atoms with Crippen LogP contribution < -0.4 is 9.47 Å². The average Bonchev–Trinajstić information content (AvgIpc) is 2.52. The van der Waals surface area contributed by atoms with E-state index in [2.05, 4.69) is 11.8 Å². The average molecular weight is 286 g/mol. The van der Waals surface area contributed by atoms with Crippen LogP contribution in [-0.2, 0) is 6.61 Å². The molecule has 3 nitrogen and oxygen atoms in total. The summed E-state index contributed by atoms with van der Waals surface area (Å²) >= 11 is 0. The summed E-state index contributed by atoms with van der Waals surface area (Å²) in [5.74, 6) is 5.81. The highest BCUT2D eigenvalue weighted by Crippen LogP contribution is 2.21. The van der Waals surface area contributed by atoms with Gasteiger partial charge >= 0.3 is 0 Å². The third-order valence-corrected chi connectivity index (χ3v) is 2.80. The van der Waals surface area contributed by atoms with Crippen molar-refractivity contribution < 1.29 is 19.0 Å². The molecule has 2 aromatic rings. The molecule has 0 atom stereocenters. The van der Waals surface area contributed by atoms with Gasteiger partial charge in [-0.2, -0.15) is 0 Å². The molecule has 0 bridgehead atoms. The maximum atomic E-state index is 13.5. The molecule has 2 aromatic carbocycles. The van der Waals surface area contributed by atoms with Gasteiger partial charge in [0.1, 0.15) is 19.0 Å². The monoisotopic (exact) mass is 286 g/mol. The smallest absolute Gasteiger partial charge is 0.165 e. The van der Waals surface area contributed by atoms with Crippen LogP contribution in [0.4, 0.5) is 4.39 Å². The van der Waals surface area contributed by atoms with Gasteiger partial charge in [0, 0.05) is 0 Å². The van der Waals surface area contributed by atoms with Crippen LogP contribution in [0.15, 0.2) is 42.5 Å². The summed E-state index contributed by atoms with van der Waals surface area (Å²) in [5, 5.41) is 8.76. The van der Waals surface area contributed by atoms with Crippen molar-refractivity contribution in [3.05, 3.63) is 59.4 Å². The molecular weight excluding hydrogens is 271 g/mol. The Morgan fingerprint density at radius 2 is 1.95 bits per heavy atom. The fraction of sp³-hybridized carbons (Fsp3) is 0.176. The highest BCUT2D eigenvalue weighted by atomic mass is 19.1. The normalized spacial score (nSPS) is 9.67. The van der Waals surface area contributed by atoms with E-state index in [-0.39, 0.29) is 19.0 Å². The largest absolute Gasteiger partial charge is 0.495 e. The molecule has 0 unspecified atom stereocenters. The molecule has 0 aromatic heterocycles. The molecule has 0 amide bonds. The molecule has 0 fully saturated rings. The van der Waals surface area contributed by atoms with Crippen LogP contribution in [0.1, 0.15) is 11.1 Å². The highest BCUT2D eigenvalue weighted by molar-refractivity contribution is 5.48. The van der Waals surface area contributed by atoms with Gasteiger partial charge in [-0.05, 0) is 29.8 Å². The van der Waals surface area contributed by atoms with Crippen LogP contribution in [-0.4, -0.2) is 18.8 Å². The number of halogens is 1. The first-order chi connectivity index (χ1) is 10.2. The third kappa shape index (κ3) is 3.98. The van der Waals surface area contributed by atoms with Gasteiger partial charge in [0.05, 0.1) is 12.7 Å². The fourth-order valence-electron chi connectivity index (χ4n) is 1.80. The minimum Gasteiger partial charge on any atom is -0.495 e. The standard InChI is InChI=1S/C17H15FO3/c1-20-16-9-8-13(11-14(16)5-4-10-19)12-21-17-7-3-2-6-15(17)18/h2-3,6-9,11,19H,10,12H2,1H3. The van der Waals surface area contributed by atoms with E-state index in [9.17, 15) is 4.39 Å². The van der Waals surface area contributed by atoms with E-state index in [0.717, 1.165) is 5.56 Å². The van der Waals surface area contributed by atoms with E-state index in [4.69, 9.17) is 14.6 Å². The molecule has 0 saturated carbocycles. The summed E-state index contributed by atoms with van der Waals surface area (Å²) in [5.41, 5.74) is 1.49. The first-order valence-electron chi connectivity index (χ1n) is 6.38. The predicted octanol–water partition coefficient (Wildman–Crippen LogP) is 2.76. The van der Waals surface area contributed by atoms with Crippen LogP contribution in [0.2, 0.25) is 0 Å². The molecular formula is C17H15FO3. The van der Waals surface area contributed by atoms with E-state index >= 15 is 0 Å². The maximum absolute atomic E-state index is 13.5. The van der Waals surface area contributed by atoms with Gasteiger partial charge in [-0.15, -0.1) is 0 Å². The Hall–Kier alpha value is -2.51. The topological polar surface area (TPSA) is 38.7 Å². The summed E-state index contributed by atoms with van der Waals surface area (Å²) in [7, 11) is 1.55. The number of benzene rings is 2. The van der Waals surface area contributed by atoms with Crippen molar-refractivity contribution in [3.8, 4) is 23.3 Å². The molecule has 108 valence electrons. The van der Waals surface area contributed by atoms with Gasteiger partial charge in [-0.1, -0.05) is 30.0 Å². The second kappa shape index (κ2) is 7.32. The Labute approximate surface area is 122 Å². The molecule has 0 aliphatic heterocycles. The van der Waals surface area contributed by atoms with Crippen molar-refractivity contribution in [2.75, 3.05) is 13.7 Å². The number of aliphatic hydroxyl groups excluding tert-OH is 1. The molecule has 0 spiro atoms. The van der Waals surface area contributed by atoms with Crippen LogP contribution in [0.5, 0.6) is 11.5 Å². The molecule has 4 heteroatoms. The van der Waals surface area contributed by atoms with Crippen LogP contribution in [0, 0.1) is 17.7 Å². The van der Waals surface area contributed by atoms with Gasteiger partial charge < -0.3 is 14.6 Å². The highest BCUT2D eigenvalue weighted by Gasteiger charge is 2.05. The molecule has 0 aliphatic carbocycles. The minimum atomic E-state index is -0.397. The third-order valence-electron chi connectivity index (χ3n) is 2.80. The predicted molar refractivity (Wildman–Crippen MR) is 77.7 cm³/mol. The Balaban J connectivity index is 2.15. The number of hydrogen-bond donors (Lipinski definition) is 1. The Bertz CT molecular complexity index is 671. The van der Waals surface area contributed by atoms with Crippen molar-refractivity contribution in [1.29, 1.82) is 0 Å². The minimum absolute atomic E-state index is 0.205. The lowest BCUT2D eigenvalue weighted by Gasteiger charge is -2.09. The molecule has 0 radical (unpaired) electrons. The van der Waals surface area contributed by atoms with Gasteiger partial charge in [0.25, 0.3) is 0 Å². The van der Waals surface area contributed by atoms with E-state index in [1.807, 2.05) is 6.07 Å². The van der Waals surface area contributed by atoms with Gasteiger partial charge in [0.15, 0.2) is 11.6 Å². The van der Waals surface area contributed by atoms with Crippen molar-refractivity contribution in [3.63, 3.8) is 0 Å². The van der Waals surface area contributed by atoms with Gasteiger partial charge in [-0.25, -0.2) is 4.39 Å². The zero-order chi connectivity index (χ0) is 15.1. The zero-order valence-corrected chi connectivity index (χ0v) is 11.6. The van der Waals surface area contributed by atoms with E-state index in [1.165, 1.54) is 6.07 Å². The van der Waals surface area contributed by atoms with E-state index in [1.54, 1.807) is 37.4 Å². The first kappa shape index (κ1) is 14.9. The van der Waals surface area contributed by atoms with Gasteiger partial charge in [0.2, 0.25) is 0 Å². The van der Waals surface area contributed by atoms with Crippen LogP contribution in [0.3, 0.4) is 0 Å². The van der Waals surface area contributed by atoms with E-state index in [0.29, 0.717) is 11.3 Å². The Morgan fingerprint density at radius 3 is 2.67 bits per heavy atom. The number of rotatable bonds is 4. The Morgan fingerprint density at radius 1 is 1.14 bits per heavy atom. The lowest BCUT2D eigenvalue weighted by atomic mass is 10.1. The number of aliphatic hydroxyl groups is 1. The second-order valence-corrected chi connectivity index (χ2v) is 4.21. The number of ether oxygens (including phenoxy) is 2. The van der Waals surface area contributed by atoms with Crippen LogP contribution in [0.25, 0.3) is 0 Å². The lowest BCUT2D eigenvalue weighted by Crippen LogP contribution is -1.98. The SMILES string of the molecule is COc1ccc(COc2ccccc2F)cc1C#CCO. The van der Waals surface area contributed by atoms with E-state index < -0.39 is 5.82 Å². The molecule has 2 rings (SSSR count). The van der Waals surface area contributed by atoms with Crippen molar-refractivity contribution in [2.45, 2.75) is 6.61 Å². The fourth-order valence-corrected chi connectivity index (χ4v) is 1.80. The van der Waals surface area contributed by atoms with Crippen molar-refractivity contribution >= 4 is 0 Å². The first-order valence-corrected chi connectivity index (χ1v) is 6.38. The van der Waals surface area contributed by atoms with Crippen molar-refractivity contribution in [2.24, 2.45) is 0 Å². The van der Waals surface area contributed by atoms with Gasteiger partial charge in [-0.3, -0.25) is 0 Å². The second-order valence-electron chi connectivity index (χ2n) is 4.21. The molecule has 0 saturated heterocycles. The Kier molecular flexibility index (Phi) is 5.19. The summed E-state index contributed by atoms with van der Waals surface area (Å²) in [4.78, 5) is 0. The molecule has 0 heterocycles. The molecule has 1 N–H and O–H groups in total. The summed E-state index contributed by atoms with van der Waals surface area (Å²) < 4.78 is 24.1. The van der Waals surface area contributed by atoms with Crippen molar-refractivity contribution in [1.82, 2.24) is 0 Å². The number of hydrogen-bond acceptors (Lipinski definition) is 3. The quantitative estimate of drug-likeness (QED) is 0.878. The number of para-hydroxylation sites is 1. The molecule has 21 heavy (non-hydrogen) atoms. The summed E-state index contributed by atoms with van der Waals surface area (Å²) in [6.07, 6.45) is 0. The number of methoxy groups -OCH3 is 1. The maximum Gasteiger partial charge on any atom is 0.165 e. The van der Waals surface area contributed by atoms with Crippen LogP contribution >= 0.6 is 0 Å². The molecule has 0 aliphatic rings. The summed E-state index contributed by atoms with van der Waals surface area (Å²) in [6.45, 7) is -0.00214. The zero-order valence-electron chi connectivity index (χ0n) is 11.6.